The highest BCUT2D eigenvalue weighted by Gasteiger charge is 2.61. The zero-order valence-corrected chi connectivity index (χ0v) is 8.76. The van der Waals surface area contributed by atoms with Crippen molar-refractivity contribution in [3.63, 3.8) is 0 Å². The van der Waals surface area contributed by atoms with E-state index >= 15 is 0 Å². The highest BCUT2D eigenvalue weighted by Crippen LogP contribution is 2.65. The normalized spacial score (nSPS) is 46.7. The van der Waals surface area contributed by atoms with Gasteiger partial charge in [-0.2, -0.15) is 0 Å². The molecule has 1 amide bonds. The Hall–Kier alpha value is -0.530. The Bertz CT molecular complexity index is 254. The van der Waals surface area contributed by atoms with E-state index in [1.54, 1.807) is 0 Å². The summed E-state index contributed by atoms with van der Waals surface area (Å²) >= 11 is 0. The maximum absolute atomic E-state index is 11.4. The van der Waals surface area contributed by atoms with Crippen LogP contribution in [-0.4, -0.2) is 5.91 Å². The molecule has 2 fully saturated rings. The van der Waals surface area contributed by atoms with E-state index in [9.17, 15) is 4.79 Å². The van der Waals surface area contributed by atoms with E-state index < -0.39 is 0 Å². The number of hydrogen-bond acceptors (Lipinski definition) is 1. The summed E-state index contributed by atoms with van der Waals surface area (Å²) in [7, 11) is 0. The lowest BCUT2D eigenvalue weighted by Crippen LogP contribution is -2.43. The summed E-state index contributed by atoms with van der Waals surface area (Å²) in [4.78, 5) is 11.4. The first kappa shape index (κ1) is 9.04. The first-order chi connectivity index (χ1) is 5.88. The van der Waals surface area contributed by atoms with Gasteiger partial charge in [0.25, 0.3) is 0 Å². The topological polar surface area (TPSA) is 43.1 Å². The van der Waals surface area contributed by atoms with Crippen LogP contribution < -0.4 is 5.73 Å². The molecule has 0 saturated heterocycles. The van der Waals surface area contributed by atoms with Crippen LogP contribution in [-0.2, 0) is 4.79 Å². The van der Waals surface area contributed by atoms with E-state index in [1.165, 1.54) is 19.3 Å². The number of carbonyl (C=O) groups excluding carboxylic acids is 1. The average molecular weight is 181 g/mol. The van der Waals surface area contributed by atoms with Gasteiger partial charge in [-0.1, -0.05) is 20.8 Å². The van der Waals surface area contributed by atoms with Crippen molar-refractivity contribution in [3.05, 3.63) is 0 Å². The van der Waals surface area contributed by atoms with Gasteiger partial charge in [-0.25, -0.2) is 0 Å². The second kappa shape index (κ2) is 2.28. The minimum atomic E-state index is -0.0882. The summed E-state index contributed by atoms with van der Waals surface area (Å²) in [5.74, 6) is 0.725. The van der Waals surface area contributed by atoms with Crippen molar-refractivity contribution < 1.29 is 4.79 Å². The van der Waals surface area contributed by atoms with Crippen LogP contribution in [0, 0.1) is 22.7 Å². The minimum absolute atomic E-state index is 0.0882. The summed E-state index contributed by atoms with van der Waals surface area (Å²) in [6.45, 7) is 6.65. The summed E-state index contributed by atoms with van der Waals surface area (Å²) in [5, 5.41) is 0. The summed E-state index contributed by atoms with van der Waals surface area (Å²) < 4.78 is 0. The van der Waals surface area contributed by atoms with Crippen LogP contribution in [0.2, 0.25) is 0 Å². The van der Waals surface area contributed by atoms with Crippen LogP contribution in [0.1, 0.15) is 40.0 Å². The molecule has 3 atom stereocenters. The smallest absolute Gasteiger partial charge is 0.221 e. The Balaban J connectivity index is 2.39. The third-order valence-electron chi connectivity index (χ3n) is 4.55. The number of nitrogens with two attached hydrogens (primary N) is 1. The molecule has 13 heavy (non-hydrogen) atoms. The lowest BCUT2D eigenvalue weighted by molar-refractivity contribution is -0.130. The van der Waals surface area contributed by atoms with Crippen molar-refractivity contribution in [2.24, 2.45) is 28.4 Å². The Morgan fingerprint density at radius 3 is 2.31 bits per heavy atom. The van der Waals surface area contributed by atoms with E-state index in [4.69, 9.17) is 5.73 Å². The number of primary amides is 1. The molecule has 74 valence electrons. The monoisotopic (exact) mass is 181 g/mol. The Kier molecular flexibility index (Phi) is 1.59. The predicted octanol–water partition coefficient (Wildman–Crippen LogP) is 1.93. The van der Waals surface area contributed by atoms with Crippen LogP contribution in [0.5, 0.6) is 0 Å². The lowest BCUT2D eigenvalue weighted by Gasteiger charge is -2.40. The largest absolute Gasteiger partial charge is 0.369 e. The van der Waals surface area contributed by atoms with Crippen molar-refractivity contribution in [1.29, 1.82) is 0 Å². The Labute approximate surface area is 79.9 Å². The third-order valence-corrected chi connectivity index (χ3v) is 4.55. The van der Waals surface area contributed by atoms with Crippen molar-refractivity contribution >= 4 is 5.91 Å². The van der Waals surface area contributed by atoms with Gasteiger partial charge in [0, 0.05) is 5.92 Å². The standard InChI is InChI=1S/C11H19NO/c1-10(2)7-4-5-11(3,6-7)8(10)9(12)13/h7-8H,4-6H2,1-3H3,(H2,12,13)/t7-,8-,11-/m1/s1. The molecule has 0 unspecified atom stereocenters. The highest BCUT2D eigenvalue weighted by molar-refractivity contribution is 5.79. The van der Waals surface area contributed by atoms with Gasteiger partial charge in [-0.05, 0) is 36.0 Å². The van der Waals surface area contributed by atoms with Gasteiger partial charge in [0.2, 0.25) is 5.91 Å². The first-order valence-electron chi connectivity index (χ1n) is 5.17. The number of fused-ring (bicyclic) bond motifs is 2. The maximum Gasteiger partial charge on any atom is 0.221 e. The molecule has 0 aromatic rings. The quantitative estimate of drug-likeness (QED) is 0.660. The fourth-order valence-corrected chi connectivity index (χ4v) is 4.01. The van der Waals surface area contributed by atoms with Crippen LogP contribution in [0.25, 0.3) is 0 Å². The minimum Gasteiger partial charge on any atom is -0.369 e. The number of carbonyl (C=O) groups is 1. The van der Waals surface area contributed by atoms with Crippen molar-refractivity contribution in [3.8, 4) is 0 Å². The number of rotatable bonds is 1. The molecule has 2 aliphatic carbocycles. The number of amides is 1. The fourth-order valence-electron chi connectivity index (χ4n) is 4.01. The second-order valence-corrected chi connectivity index (χ2v) is 5.75. The molecule has 2 aliphatic rings. The van der Waals surface area contributed by atoms with Gasteiger partial charge in [0.15, 0.2) is 0 Å². The van der Waals surface area contributed by atoms with Gasteiger partial charge in [-0.3, -0.25) is 4.79 Å². The second-order valence-electron chi connectivity index (χ2n) is 5.75. The first-order valence-corrected chi connectivity index (χ1v) is 5.17. The van der Waals surface area contributed by atoms with Gasteiger partial charge in [0.05, 0.1) is 0 Å². The molecular formula is C11H19NO. The SMILES string of the molecule is CC1(C)[C@@H]2CC[C@](C)(C2)[C@@H]1C(N)=O. The lowest BCUT2D eigenvalue weighted by atomic mass is 9.63. The average Bonchev–Trinajstić information content (AvgIpc) is 2.36. The van der Waals surface area contributed by atoms with Crippen molar-refractivity contribution in [2.75, 3.05) is 0 Å². The molecule has 2 rings (SSSR count). The van der Waals surface area contributed by atoms with Gasteiger partial charge in [-0.15, -0.1) is 0 Å². The van der Waals surface area contributed by atoms with E-state index in [1.807, 2.05) is 0 Å². The fraction of sp³-hybridized carbons (Fsp3) is 0.909. The summed E-state index contributed by atoms with van der Waals surface area (Å²) in [5.41, 5.74) is 5.85. The molecule has 2 saturated carbocycles. The molecule has 0 heterocycles. The van der Waals surface area contributed by atoms with Crippen molar-refractivity contribution in [1.82, 2.24) is 0 Å². The molecule has 0 spiro atoms. The Morgan fingerprint density at radius 2 is 2.00 bits per heavy atom. The zero-order chi connectivity index (χ0) is 9.85. The molecule has 2 bridgehead atoms. The van der Waals surface area contributed by atoms with E-state index in [-0.39, 0.29) is 22.7 Å². The third kappa shape index (κ3) is 0.976. The molecule has 0 aromatic heterocycles. The van der Waals surface area contributed by atoms with Crippen LogP contribution in [0.15, 0.2) is 0 Å². The summed E-state index contributed by atoms with van der Waals surface area (Å²) in [6, 6.07) is 0. The molecule has 0 aromatic carbocycles. The molecule has 0 aliphatic heterocycles. The van der Waals surface area contributed by atoms with Gasteiger partial charge in [0.1, 0.15) is 0 Å². The van der Waals surface area contributed by atoms with Crippen molar-refractivity contribution in [2.45, 2.75) is 40.0 Å². The van der Waals surface area contributed by atoms with E-state index in [0.29, 0.717) is 0 Å². The molecule has 2 nitrogen and oxygen atoms in total. The van der Waals surface area contributed by atoms with Gasteiger partial charge >= 0.3 is 0 Å². The van der Waals surface area contributed by atoms with Crippen LogP contribution >= 0.6 is 0 Å². The molecular weight excluding hydrogens is 162 g/mol. The highest BCUT2D eigenvalue weighted by atomic mass is 16.1. The number of hydrogen-bond donors (Lipinski definition) is 1. The zero-order valence-electron chi connectivity index (χ0n) is 8.76. The summed E-state index contributed by atoms with van der Waals surface area (Å²) in [6.07, 6.45) is 3.68. The molecule has 0 radical (unpaired) electrons. The van der Waals surface area contributed by atoms with Crippen LogP contribution in [0.3, 0.4) is 0 Å². The Morgan fingerprint density at radius 1 is 1.38 bits per heavy atom. The molecule has 2 heteroatoms. The van der Waals surface area contributed by atoms with Crippen LogP contribution in [0.4, 0.5) is 0 Å². The maximum atomic E-state index is 11.4. The molecule has 2 N–H and O–H groups in total. The van der Waals surface area contributed by atoms with E-state index in [0.717, 1.165) is 5.92 Å². The van der Waals surface area contributed by atoms with Gasteiger partial charge < -0.3 is 5.73 Å². The van der Waals surface area contributed by atoms with E-state index in [2.05, 4.69) is 20.8 Å². The predicted molar refractivity (Wildman–Crippen MR) is 51.9 cm³/mol.